The zero-order valence-corrected chi connectivity index (χ0v) is 12.5. The lowest BCUT2D eigenvalue weighted by atomic mass is 10.1. The second-order valence-electron chi connectivity index (χ2n) is 4.76. The lowest BCUT2D eigenvalue weighted by Crippen LogP contribution is -2.31. The number of rotatable bonds is 5. The molecule has 21 heavy (non-hydrogen) atoms. The van der Waals surface area contributed by atoms with Gasteiger partial charge in [0.2, 0.25) is 5.91 Å². The molecule has 0 saturated carbocycles. The Morgan fingerprint density at radius 3 is 2.48 bits per heavy atom. The van der Waals surface area contributed by atoms with Gasteiger partial charge in [0.15, 0.2) is 0 Å². The average molecular weight is 305 g/mol. The quantitative estimate of drug-likeness (QED) is 0.507. The molecule has 0 aliphatic carbocycles. The van der Waals surface area contributed by atoms with Gasteiger partial charge in [0.05, 0.1) is 6.42 Å². The summed E-state index contributed by atoms with van der Waals surface area (Å²) in [5.74, 6) is 5.66. The molecule has 0 aromatic heterocycles. The maximum absolute atomic E-state index is 11.2. The monoisotopic (exact) mass is 304 g/mol. The van der Waals surface area contributed by atoms with Gasteiger partial charge < -0.3 is 4.74 Å². The van der Waals surface area contributed by atoms with Crippen molar-refractivity contribution in [3.8, 4) is 5.75 Å². The highest BCUT2D eigenvalue weighted by atomic mass is 35.5. The molecule has 2 rings (SSSR count). The van der Waals surface area contributed by atoms with Crippen LogP contribution in [0.3, 0.4) is 0 Å². The molecule has 0 radical (unpaired) electrons. The average Bonchev–Trinajstić information content (AvgIpc) is 2.48. The Bertz CT molecular complexity index is 627. The molecule has 1 amide bonds. The van der Waals surface area contributed by atoms with Crippen LogP contribution in [-0.4, -0.2) is 5.91 Å². The first-order chi connectivity index (χ1) is 10.1. The predicted octanol–water partition coefficient (Wildman–Crippen LogP) is 2.76. The summed E-state index contributed by atoms with van der Waals surface area (Å²) in [5.41, 5.74) is 5.05. The minimum Gasteiger partial charge on any atom is -0.489 e. The number of aryl methyl sites for hydroxylation is 1. The molecule has 2 aromatic rings. The van der Waals surface area contributed by atoms with Crippen LogP contribution in [0.25, 0.3) is 0 Å². The Hall–Kier alpha value is -2.04. The number of ether oxygens (including phenoxy) is 1. The van der Waals surface area contributed by atoms with E-state index in [2.05, 4.69) is 5.43 Å². The fraction of sp³-hybridized carbons (Fsp3) is 0.188. The van der Waals surface area contributed by atoms with E-state index in [1.165, 1.54) is 0 Å². The molecule has 0 unspecified atom stereocenters. The highest BCUT2D eigenvalue weighted by Crippen LogP contribution is 2.22. The second kappa shape index (κ2) is 7.11. The van der Waals surface area contributed by atoms with E-state index in [-0.39, 0.29) is 12.3 Å². The van der Waals surface area contributed by atoms with Crippen molar-refractivity contribution in [1.29, 1.82) is 0 Å². The van der Waals surface area contributed by atoms with E-state index in [1.807, 2.05) is 43.3 Å². The Morgan fingerprint density at radius 2 is 1.86 bits per heavy atom. The third kappa shape index (κ3) is 4.48. The summed E-state index contributed by atoms with van der Waals surface area (Å²) in [6, 6.07) is 13.2. The van der Waals surface area contributed by atoms with Gasteiger partial charge in [-0.15, -0.1) is 0 Å². The number of hydrogen-bond acceptors (Lipinski definition) is 3. The minimum atomic E-state index is -0.212. The van der Waals surface area contributed by atoms with Crippen molar-refractivity contribution in [2.24, 2.45) is 5.84 Å². The number of hydrogen-bond donors (Lipinski definition) is 2. The maximum atomic E-state index is 11.2. The van der Waals surface area contributed by atoms with E-state index in [4.69, 9.17) is 22.2 Å². The number of nitrogens with one attached hydrogen (secondary N) is 1. The van der Waals surface area contributed by atoms with Gasteiger partial charge in [0.1, 0.15) is 12.4 Å². The van der Waals surface area contributed by atoms with Gasteiger partial charge in [0.25, 0.3) is 0 Å². The first-order valence-corrected chi connectivity index (χ1v) is 6.92. The molecule has 0 fully saturated rings. The SMILES string of the molecule is Cc1cc(Cl)ccc1OCc1ccc(CC(=O)NN)cc1. The number of carbonyl (C=O) groups excluding carboxylic acids is 1. The van der Waals surface area contributed by atoms with E-state index < -0.39 is 0 Å². The van der Waals surface area contributed by atoms with Gasteiger partial charge in [-0.05, 0) is 41.8 Å². The molecular weight excluding hydrogens is 288 g/mol. The van der Waals surface area contributed by atoms with Crippen LogP contribution in [0.4, 0.5) is 0 Å². The number of amides is 1. The van der Waals surface area contributed by atoms with Crippen molar-refractivity contribution in [2.75, 3.05) is 0 Å². The van der Waals surface area contributed by atoms with Crippen molar-refractivity contribution < 1.29 is 9.53 Å². The van der Waals surface area contributed by atoms with Gasteiger partial charge in [-0.3, -0.25) is 10.2 Å². The summed E-state index contributed by atoms with van der Waals surface area (Å²) in [7, 11) is 0. The van der Waals surface area contributed by atoms with Crippen LogP contribution in [0.1, 0.15) is 16.7 Å². The molecule has 3 N–H and O–H groups in total. The van der Waals surface area contributed by atoms with Crippen molar-refractivity contribution in [3.63, 3.8) is 0 Å². The first kappa shape index (κ1) is 15.4. The number of halogens is 1. The van der Waals surface area contributed by atoms with Crippen molar-refractivity contribution in [3.05, 3.63) is 64.2 Å². The predicted molar refractivity (Wildman–Crippen MR) is 83.0 cm³/mol. The Labute approximate surface area is 128 Å². The molecule has 4 nitrogen and oxygen atoms in total. The fourth-order valence-electron chi connectivity index (χ4n) is 1.93. The molecule has 2 aromatic carbocycles. The van der Waals surface area contributed by atoms with E-state index >= 15 is 0 Å². The standard InChI is InChI=1S/C16H17ClN2O2/c1-11-8-14(17)6-7-15(11)21-10-13-4-2-12(3-5-13)9-16(20)19-18/h2-8H,9-10,18H2,1H3,(H,19,20). The van der Waals surface area contributed by atoms with Gasteiger partial charge >= 0.3 is 0 Å². The third-order valence-corrected chi connectivity index (χ3v) is 3.32. The third-order valence-electron chi connectivity index (χ3n) is 3.08. The molecule has 0 aliphatic heterocycles. The smallest absolute Gasteiger partial charge is 0.238 e. The fourth-order valence-corrected chi connectivity index (χ4v) is 2.15. The van der Waals surface area contributed by atoms with E-state index in [9.17, 15) is 4.79 Å². The Morgan fingerprint density at radius 1 is 1.19 bits per heavy atom. The van der Waals surface area contributed by atoms with E-state index in [0.29, 0.717) is 11.6 Å². The molecular formula is C16H17ClN2O2. The number of nitrogens with two attached hydrogens (primary N) is 1. The van der Waals surface area contributed by atoms with Crippen LogP contribution in [0, 0.1) is 6.92 Å². The molecule has 110 valence electrons. The number of benzene rings is 2. The highest BCUT2D eigenvalue weighted by Gasteiger charge is 2.03. The molecule has 0 aliphatic rings. The normalized spacial score (nSPS) is 10.2. The molecule has 0 saturated heterocycles. The first-order valence-electron chi connectivity index (χ1n) is 6.54. The minimum absolute atomic E-state index is 0.212. The van der Waals surface area contributed by atoms with Crippen LogP contribution in [0.5, 0.6) is 5.75 Å². The summed E-state index contributed by atoms with van der Waals surface area (Å²) < 4.78 is 5.76. The van der Waals surface area contributed by atoms with Crippen molar-refractivity contribution in [2.45, 2.75) is 20.0 Å². The van der Waals surface area contributed by atoms with Crippen molar-refractivity contribution in [1.82, 2.24) is 5.43 Å². The van der Waals surface area contributed by atoms with Crippen LogP contribution >= 0.6 is 11.6 Å². The maximum Gasteiger partial charge on any atom is 0.238 e. The molecule has 0 atom stereocenters. The summed E-state index contributed by atoms with van der Waals surface area (Å²) in [5, 5.41) is 0.697. The van der Waals surface area contributed by atoms with Gasteiger partial charge in [-0.2, -0.15) is 0 Å². The van der Waals surface area contributed by atoms with Crippen LogP contribution in [0.2, 0.25) is 5.02 Å². The summed E-state index contributed by atoms with van der Waals surface area (Å²) in [6.45, 7) is 2.42. The lowest BCUT2D eigenvalue weighted by molar-refractivity contribution is -0.120. The molecule has 5 heteroatoms. The summed E-state index contributed by atoms with van der Waals surface area (Å²) in [4.78, 5) is 11.2. The lowest BCUT2D eigenvalue weighted by Gasteiger charge is -2.10. The van der Waals surface area contributed by atoms with Crippen molar-refractivity contribution >= 4 is 17.5 Å². The zero-order valence-electron chi connectivity index (χ0n) is 11.7. The van der Waals surface area contributed by atoms with E-state index in [1.54, 1.807) is 6.07 Å². The van der Waals surface area contributed by atoms with Gasteiger partial charge in [0, 0.05) is 5.02 Å². The molecule has 0 spiro atoms. The van der Waals surface area contributed by atoms with Crippen LogP contribution < -0.4 is 16.0 Å². The second-order valence-corrected chi connectivity index (χ2v) is 5.20. The van der Waals surface area contributed by atoms with Gasteiger partial charge in [-0.25, -0.2) is 5.84 Å². The largest absolute Gasteiger partial charge is 0.489 e. The topological polar surface area (TPSA) is 64.3 Å². The Balaban J connectivity index is 1.96. The Kier molecular flexibility index (Phi) is 5.20. The van der Waals surface area contributed by atoms with Gasteiger partial charge in [-0.1, -0.05) is 35.9 Å². The summed E-state index contributed by atoms with van der Waals surface area (Å²) in [6.07, 6.45) is 0.272. The summed E-state index contributed by atoms with van der Waals surface area (Å²) >= 11 is 5.91. The molecule has 0 bridgehead atoms. The number of hydrazine groups is 1. The van der Waals surface area contributed by atoms with E-state index in [0.717, 1.165) is 22.4 Å². The molecule has 0 heterocycles. The zero-order chi connectivity index (χ0) is 15.2. The van der Waals surface area contributed by atoms with Crippen LogP contribution in [-0.2, 0) is 17.8 Å². The highest BCUT2D eigenvalue weighted by molar-refractivity contribution is 6.30. The van der Waals surface area contributed by atoms with Crippen LogP contribution in [0.15, 0.2) is 42.5 Å². The number of carbonyl (C=O) groups is 1.